The third-order valence-corrected chi connectivity index (χ3v) is 4.54. The van der Waals surface area contributed by atoms with Crippen LogP contribution in [-0.4, -0.2) is 61.0 Å². The molecule has 9 heteroatoms. The zero-order valence-corrected chi connectivity index (χ0v) is 16.2. The summed E-state index contributed by atoms with van der Waals surface area (Å²) in [6.45, 7) is 5.37. The maximum absolute atomic E-state index is 12.6. The molecular weight excluding hydrogens is 368 g/mol. The van der Waals surface area contributed by atoms with Crippen molar-refractivity contribution in [2.75, 3.05) is 55.4 Å². The van der Waals surface area contributed by atoms with Crippen LogP contribution in [0.2, 0.25) is 5.02 Å². The van der Waals surface area contributed by atoms with E-state index in [1.54, 1.807) is 30.2 Å². The van der Waals surface area contributed by atoms with Crippen molar-refractivity contribution in [3.05, 3.63) is 35.4 Å². The fourth-order valence-corrected chi connectivity index (χ4v) is 3.05. The fourth-order valence-electron chi connectivity index (χ4n) is 2.88. The summed E-state index contributed by atoms with van der Waals surface area (Å²) in [5, 5.41) is 14.9. The van der Waals surface area contributed by atoms with Crippen molar-refractivity contribution in [3.8, 4) is 5.75 Å². The fraction of sp³-hybridized carbons (Fsp3) is 0.389. The summed E-state index contributed by atoms with van der Waals surface area (Å²) in [4.78, 5) is 16.4. The van der Waals surface area contributed by atoms with Crippen molar-refractivity contribution in [1.82, 2.24) is 15.1 Å². The molecule has 0 saturated carbocycles. The molecule has 0 aliphatic carbocycles. The van der Waals surface area contributed by atoms with Gasteiger partial charge in [-0.2, -0.15) is 0 Å². The summed E-state index contributed by atoms with van der Waals surface area (Å²) in [6, 6.07) is 8.80. The van der Waals surface area contributed by atoms with E-state index in [1.165, 1.54) is 0 Å². The van der Waals surface area contributed by atoms with E-state index in [9.17, 15) is 4.79 Å². The highest BCUT2D eigenvalue weighted by molar-refractivity contribution is 6.31. The molecule has 0 radical (unpaired) electrons. The van der Waals surface area contributed by atoms with Crippen LogP contribution in [0.25, 0.3) is 0 Å². The number of benzene rings is 1. The molecule has 0 atom stereocenters. The van der Waals surface area contributed by atoms with Gasteiger partial charge in [-0.3, -0.25) is 0 Å². The van der Waals surface area contributed by atoms with Crippen LogP contribution in [0.4, 0.5) is 22.1 Å². The highest BCUT2D eigenvalue weighted by Crippen LogP contribution is 2.28. The zero-order chi connectivity index (χ0) is 19.2. The van der Waals surface area contributed by atoms with Gasteiger partial charge in [0.05, 0.1) is 12.8 Å². The van der Waals surface area contributed by atoms with Crippen molar-refractivity contribution in [2.24, 2.45) is 0 Å². The van der Waals surface area contributed by atoms with Crippen LogP contribution in [0.3, 0.4) is 0 Å². The van der Waals surface area contributed by atoms with Gasteiger partial charge in [0.2, 0.25) is 0 Å². The van der Waals surface area contributed by atoms with Gasteiger partial charge in [0.25, 0.3) is 0 Å². The Bertz CT molecular complexity index is 778. The molecule has 0 unspecified atom stereocenters. The topological polar surface area (TPSA) is 82.6 Å². The first-order chi connectivity index (χ1) is 13.1. The summed E-state index contributed by atoms with van der Waals surface area (Å²) in [5.41, 5.74) is 0.558. The maximum Gasteiger partial charge on any atom is 0.322 e. The minimum atomic E-state index is -0.177. The third kappa shape index (κ3) is 4.71. The van der Waals surface area contributed by atoms with Crippen LogP contribution in [0.5, 0.6) is 5.75 Å². The van der Waals surface area contributed by atoms with E-state index in [0.29, 0.717) is 42.6 Å². The summed E-state index contributed by atoms with van der Waals surface area (Å²) in [5.74, 6) is 2.14. The molecule has 1 aromatic carbocycles. The first-order valence-electron chi connectivity index (χ1n) is 8.82. The van der Waals surface area contributed by atoms with Crippen molar-refractivity contribution in [3.63, 3.8) is 0 Å². The number of urea groups is 1. The number of ether oxygens (including phenoxy) is 1. The van der Waals surface area contributed by atoms with Crippen LogP contribution in [-0.2, 0) is 0 Å². The average Bonchev–Trinajstić information content (AvgIpc) is 2.69. The maximum atomic E-state index is 12.6. The molecule has 0 bridgehead atoms. The van der Waals surface area contributed by atoms with Gasteiger partial charge in [-0.05, 0) is 37.3 Å². The normalized spacial score (nSPS) is 14.0. The van der Waals surface area contributed by atoms with Gasteiger partial charge in [-0.25, -0.2) is 4.79 Å². The Morgan fingerprint density at radius 3 is 2.59 bits per heavy atom. The lowest BCUT2D eigenvalue weighted by Crippen LogP contribution is -2.50. The van der Waals surface area contributed by atoms with Gasteiger partial charge in [0.1, 0.15) is 11.6 Å². The average molecular weight is 391 g/mol. The Kier molecular flexibility index (Phi) is 6.18. The summed E-state index contributed by atoms with van der Waals surface area (Å²) < 4.78 is 5.27. The van der Waals surface area contributed by atoms with E-state index in [4.69, 9.17) is 16.3 Å². The number of carbonyl (C=O) groups is 1. The summed E-state index contributed by atoms with van der Waals surface area (Å²) in [6.07, 6.45) is 0. The van der Waals surface area contributed by atoms with Crippen LogP contribution in [0, 0.1) is 0 Å². The Morgan fingerprint density at radius 1 is 1.19 bits per heavy atom. The van der Waals surface area contributed by atoms with Gasteiger partial charge in [0.15, 0.2) is 5.82 Å². The molecule has 2 amide bonds. The quantitative estimate of drug-likeness (QED) is 0.816. The highest BCUT2D eigenvalue weighted by atomic mass is 35.5. The van der Waals surface area contributed by atoms with E-state index in [-0.39, 0.29) is 6.03 Å². The molecular formula is C18H23ClN6O2. The predicted molar refractivity (Wildman–Crippen MR) is 107 cm³/mol. The van der Waals surface area contributed by atoms with Crippen LogP contribution in [0.1, 0.15) is 6.92 Å². The number of hydrogen-bond donors (Lipinski definition) is 2. The number of halogens is 1. The lowest BCUT2D eigenvalue weighted by atomic mass is 10.3. The molecule has 27 heavy (non-hydrogen) atoms. The van der Waals surface area contributed by atoms with Crippen molar-refractivity contribution >= 4 is 35.0 Å². The smallest absolute Gasteiger partial charge is 0.322 e. The SMILES string of the molecule is CCNc1ccc(N2CCN(C(=O)Nc3cc(Cl)ccc3OC)CC2)nn1. The number of amides is 2. The number of methoxy groups -OCH3 is 1. The van der Waals surface area contributed by atoms with Crippen LogP contribution >= 0.6 is 11.6 Å². The molecule has 1 fully saturated rings. The Hall–Kier alpha value is -2.74. The lowest BCUT2D eigenvalue weighted by Gasteiger charge is -2.35. The van der Waals surface area contributed by atoms with E-state index >= 15 is 0 Å². The van der Waals surface area contributed by atoms with Gasteiger partial charge in [0, 0.05) is 37.7 Å². The molecule has 0 spiro atoms. The summed E-state index contributed by atoms with van der Waals surface area (Å²) >= 11 is 6.02. The molecule has 8 nitrogen and oxygen atoms in total. The van der Waals surface area contributed by atoms with Crippen LogP contribution < -0.4 is 20.3 Å². The number of nitrogens with one attached hydrogen (secondary N) is 2. The van der Waals surface area contributed by atoms with E-state index in [2.05, 4.69) is 25.7 Å². The monoisotopic (exact) mass is 390 g/mol. The lowest BCUT2D eigenvalue weighted by molar-refractivity contribution is 0.208. The Labute approximate surface area is 163 Å². The van der Waals surface area contributed by atoms with Crippen LogP contribution in [0.15, 0.2) is 30.3 Å². The molecule has 2 aromatic rings. The van der Waals surface area contributed by atoms with Gasteiger partial charge in [-0.1, -0.05) is 11.6 Å². The minimum Gasteiger partial charge on any atom is -0.495 e. The molecule has 1 aliphatic heterocycles. The largest absolute Gasteiger partial charge is 0.495 e. The zero-order valence-electron chi connectivity index (χ0n) is 15.4. The second kappa shape index (κ2) is 8.77. The first kappa shape index (κ1) is 19.0. The highest BCUT2D eigenvalue weighted by Gasteiger charge is 2.23. The molecule has 3 rings (SSSR count). The number of piperazine rings is 1. The van der Waals surface area contributed by atoms with Crippen molar-refractivity contribution in [1.29, 1.82) is 0 Å². The van der Waals surface area contributed by atoms with E-state index in [1.807, 2.05) is 19.1 Å². The molecule has 1 saturated heterocycles. The van der Waals surface area contributed by atoms with Crippen molar-refractivity contribution in [2.45, 2.75) is 6.92 Å². The Morgan fingerprint density at radius 2 is 1.96 bits per heavy atom. The first-order valence-corrected chi connectivity index (χ1v) is 9.20. The molecule has 2 heterocycles. The molecule has 144 valence electrons. The number of rotatable bonds is 5. The van der Waals surface area contributed by atoms with Gasteiger partial charge >= 0.3 is 6.03 Å². The van der Waals surface area contributed by atoms with E-state index in [0.717, 1.165) is 18.2 Å². The number of hydrogen-bond acceptors (Lipinski definition) is 6. The third-order valence-electron chi connectivity index (χ3n) is 4.30. The second-order valence-corrected chi connectivity index (χ2v) is 6.49. The molecule has 1 aliphatic rings. The van der Waals surface area contributed by atoms with Gasteiger partial charge < -0.3 is 25.2 Å². The molecule has 1 aromatic heterocycles. The molecule has 2 N–H and O–H groups in total. The van der Waals surface area contributed by atoms with Crippen molar-refractivity contribution < 1.29 is 9.53 Å². The number of carbonyl (C=O) groups excluding carboxylic acids is 1. The number of aromatic nitrogens is 2. The number of anilines is 3. The number of nitrogens with zero attached hydrogens (tertiary/aromatic N) is 4. The standard InChI is InChI=1S/C18H23ClN6O2/c1-3-20-16-6-7-17(23-22-16)24-8-10-25(11-9-24)18(26)21-14-12-13(19)4-5-15(14)27-2/h4-7,12H,3,8-11H2,1-2H3,(H,20,22)(H,21,26). The second-order valence-electron chi connectivity index (χ2n) is 6.06. The van der Waals surface area contributed by atoms with Gasteiger partial charge in [-0.15, -0.1) is 10.2 Å². The van der Waals surface area contributed by atoms with E-state index < -0.39 is 0 Å². The predicted octanol–water partition coefficient (Wildman–Crippen LogP) is 2.92. The Balaban J connectivity index is 1.57. The summed E-state index contributed by atoms with van der Waals surface area (Å²) in [7, 11) is 1.56. The minimum absolute atomic E-state index is 0.177.